The summed E-state index contributed by atoms with van der Waals surface area (Å²) in [6.45, 7) is 0. The van der Waals surface area contributed by atoms with Crippen LogP contribution in [0.2, 0.25) is 0 Å². The molecule has 0 aliphatic rings. The molecule has 0 unspecified atom stereocenters. The zero-order chi connectivity index (χ0) is 13.5. The van der Waals surface area contributed by atoms with Gasteiger partial charge in [0.15, 0.2) is 0 Å². The normalized spacial score (nSPS) is 11.2. The molecular weight excluding hydrogens is 250 g/mol. The van der Waals surface area contributed by atoms with E-state index in [2.05, 4.69) is 27.1 Å². The van der Waals surface area contributed by atoms with E-state index >= 15 is 0 Å². The molecule has 0 amide bonds. The van der Waals surface area contributed by atoms with Crippen molar-refractivity contribution in [3.05, 3.63) is 48.8 Å². The molecule has 0 aliphatic heterocycles. The number of hydrogen-bond donors (Lipinski definition) is 2. The number of fused-ring (bicyclic) bond motifs is 2. The van der Waals surface area contributed by atoms with E-state index in [4.69, 9.17) is 4.74 Å². The second kappa shape index (κ2) is 4.13. The number of nitrogens with zero attached hydrogens (tertiary/aromatic N) is 1. The molecule has 3 aromatic heterocycles. The Morgan fingerprint density at radius 2 is 2.10 bits per heavy atom. The Morgan fingerprint density at radius 1 is 1.15 bits per heavy atom. The van der Waals surface area contributed by atoms with E-state index in [1.54, 1.807) is 13.3 Å². The molecule has 0 saturated heterocycles. The average molecular weight is 263 g/mol. The van der Waals surface area contributed by atoms with Gasteiger partial charge >= 0.3 is 0 Å². The molecule has 4 nitrogen and oxygen atoms in total. The Morgan fingerprint density at radius 3 is 2.95 bits per heavy atom. The molecule has 4 rings (SSSR count). The summed E-state index contributed by atoms with van der Waals surface area (Å²) in [4.78, 5) is 11.0. The van der Waals surface area contributed by atoms with Crippen LogP contribution < -0.4 is 4.74 Å². The van der Waals surface area contributed by atoms with Crippen LogP contribution in [0, 0.1) is 0 Å². The van der Waals surface area contributed by atoms with Gasteiger partial charge < -0.3 is 14.7 Å². The van der Waals surface area contributed by atoms with Crippen LogP contribution in [0.5, 0.6) is 5.75 Å². The number of methoxy groups -OCH3 is 1. The lowest BCUT2D eigenvalue weighted by Crippen LogP contribution is -1.82. The van der Waals surface area contributed by atoms with Gasteiger partial charge in [-0.25, -0.2) is 4.98 Å². The summed E-state index contributed by atoms with van der Waals surface area (Å²) in [5.41, 5.74) is 4.17. The summed E-state index contributed by atoms with van der Waals surface area (Å²) in [6, 6.07) is 12.1. The van der Waals surface area contributed by atoms with Gasteiger partial charge in [0.1, 0.15) is 11.4 Å². The van der Waals surface area contributed by atoms with Crippen molar-refractivity contribution in [2.75, 3.05) is 7.11 Å². The second-order valence-corrected chi connectivity index (χ2v) is 4.74. The fourth-order valence-electron chi connectivity index (χ4n) is 2.55. The van der Waals surface area contributed by atoms with Crippen molar-refractivity contribution >= 4 is 21.9 Å². The number of rotatable bonds is 2. The van der Waals surface area contributed by atoms with E-state index in [0.29, 0.717) is 0 Å². The molecular formula is C16H13N3O. The highest BCUT2D eigenvalue weighted by molar-refractivity contribution is 5.97. The van der Waals surface area contributed by atoms with E-state index in [1.807, 2.05) is 30.5 Å². The molecule has 0 bridgehead atoms. The van der Waals surface area contributed by atoms with Gasteiger partial charge in [0.25, 0.3) is 0 Å². The summed E-state index contributed by atoms with van der Waals surface area (Å²) in [7, 11) is 1.68. The third-order valence-corrected chi connectivity index (χ3v) is 3.57. The SMILES string of the molecule is COc1ccc2[nH]cc(-c3cc4cccnc4[nH]3)c2c1. The van der Waals surface area contributed by atoms with E-state index in [-0.39, 0.29) is 0 Å². The summed E-state index contributed by atoms with van der Waals surface area (Å²) in [5, 5.41) is 2.25. The van der Waals surface area contributed by atoms with Crippen LogP contribution in [-0.2, 0) is 0 Å². The van der Waals surface area contributed by atoms with Crippen molar-refractivity contribution in [1.29, 1.82) is 0 Å². The standard InChI is InChI=1S/C16H13N3O/c1-20-11-4-5-14-12(8-11)13(9-18-14)15-7-10-3-2-6-17-16(10)19-15/h2-9,18H,1H3,(H,17,19). The highest BCUT2D eigenvalue weighted by atomic mass is 16.5. The minimum atomic E-state index is 0.854. The number of ether oxygens (including phenoxy) is 1. The summed E-state index contributed by atoms with van der Waals surface area (Å²) in [5.74, 6) is 0.854. The third kappa shape index (κ3) is 1.58. The van der Waals surface area contributed by atoms with Gasteiger partial charge in [0.2, 0.25) is 0 Å². The lowest BCUT2D eigenvalue weighted by Gasteiger charge is -2.00. The molecule has 0 aliphatic carbocycles. The molecule has 0 saturated carbocycles. The zero-order valence-corrected chi connectivity index (χ0v) is 11.0. The maximum atomic E-state index is 5.31. The van der Waals surface area contributed by atoms with Crippen LogP contribution in [-0.4, -0.2) is 22.1 Å². The Balaban J connectivity index is 1.96. The van der Waals surface area contributed by atoms with Crippen molar-refractivity contribution in [3.8, 4) is 17.0 Å². The summed E-state index contributed by atoms with van der Waals surface area (Å²) < 4.78 is 5.31. The predicted molar refractivity (Wildman–Crippen MR) is 79.9 cm³/mol. The topological polar surface area (TPSA) is 53.7 Å². The molecule has 1 aromatic carbocycles. The maximum absolute atomic E-state index is 5.31. The van der Waals surface area contributed by atoms with Crippen molar-refractivity contribution in [1.82, 2.24) is 15.0 Å². The maximum Gasteiger partial charge on any atom is 0.137 e. The lowest BCUT2D eigenvalue weighted by atomic mass is 10.1. The number of nitrogens with one attached hydrogen (secondary N) is 2. The number of pyridine rings is 1. The largest absolute Gasteiger partial charge is 0.497 e. The first-order valence-electron chi connectivity index (χ1n) is 6.44. The molecule has 0 spiro atoms. The quantitative estimate of drug-likeness (QED) is 0.579. The molecule has 0 radical (unpaired) electrons. The Hall–Kier alpha value is -2.75. The van der Waals surface area contributed by atoms with Crippen LogP contribution in [0.4, 0.5) is 0 Å². The number of benzene rings is 1. The highest BCUT2D eigenvalue weighted by Crippen LogP contribution is 2.32. The fraction of sp³-hybridized carbons (Fsp3) is 0.0625. The van der Waals surface area contributed by atoms with E-state index in [0.717, 1.165) is 38.9 Å². The van der Waals surface area contributed by atoms with Gasteiger partial charge in [-0.05, 0) is 36.4 Å². The van der Waals surface area contributed by atoms with E-state index in [1.165, 1.54) is 0 Å². The van der Waals surface area contributed by atoms with Crippen molar-refractivity contribution < 1.29 is 4.74 Å². The minimum absolute atomic E-state index is 0.854. The van der Waals surface area contributed by atoms with Gasteiger partial charge in [-0.2, -0.15) is 0 Å². The number of hydrogen-bond acceptors (Lipinski definition) is 2. The number of aromatic amines is 2. The molecule has 2 N–H and O–H groups in total. The van der Waals surface area contributed by atoms with Crippen LogP contribution in [0.3, 0.4) is 0 Å². The molecule has 98 valence electrons. The number of aromatic nitrogens is 3. The van der Waals surface area contributed by atoms with Gasteiger partial charge in [0.05, 0.1) is 7.11 Å². The smallest absolute Gasteiger partial charge is 0.137 e. The van der Waals surface area contributed by atoms with Crippen molar-refractivity contribution in [2.24, 2.45) is 0 Å². The fourth-order valence-corrected chi connectivity index (χ4v) is 2.55. The third-order valence-electron chi connectivity index (χ3n) is 3.57. The molecule has 4 heteroatoms. The van der Waals surface area contributed by atoms with E-state index < -0.39 is 0 Å². The Bertz CT molecular complexity index is 871. The van der Waals surface area contributed by atoms with Crippen LogP contribution in [0.25, 0.3) is 33.2 Å². The highest BCUT2D eigenvalue weighted by Gasteiger charge is 2.10. The molecule has 0 atom stereocenters. The van der Waals surface area contributed by atoms with Crippen LogP contribution in [0.15, 0.2) is 48.8 Å². The number of H-pyrrole nitrogens is 2. The first-order chi connectivity index (χ1) is 9.85. The second-order valence-electron chi connectivity index (χ2n) is 4.74. The Kier molecular flexibility index (Phi) is 2.29. The lowest BCUT2D eigenvalue weighted by molar-refractivity contribution is 0.415. The van der Waals surface area contributed by atoms with Crippen LogP contribution >= 0.6 is 0 Å². The summed E-state index contributed by atoms with van der Waals surface area (Å²) >= 11 is 0. The molecule has 20 heavy (non-hydrogen) atoms. The van der Waals surface area contributed by atoms with Crippen molar-refractivity contribution in [2.45, 2.75) is 0 Å². The average Bonchev–Trinajstić information content (AvgIpc) is 3.09. The predicted octanol–water partition coefficient (Wildman–Crippen LogP) is 3.72. The molecule has 3 heterocycles. The molecule has 0 fully saturated rings. The van der Waals surface area contributed by atoms with Gasteiger partial charge in [-0.15, -0.1) is 0 Å². The van der Waals surface area contributed by atoms with Gasteiger partial charge in [0, 0.05) is 39.9 Å². The first-order valence-corrected chi connectivity index (χ1v) is 6.44. The van der Waals surface area contributed by atoms with Crippen LogP contribution in [0.1, 0.15) is 0 Å². The van der Waals surface area contributed by atoms with Crippen molar-refractivity contribution in [3.63, 3.8) is 0 Å². The minimum Gasteiger partial charge on any atom is -0.497 e. The zero-order valence-electron chi connectivity index (χ0n) is 11.0. The van der Waals surface area contributed by atoms with Gasteiger partial charge in [-0.3, -0.25) is 0 Å². The van der Waals surface area contributed by atoms with Gasteiger partial charge in [-0.1, -0.05) is 0 Å². The van der Waals surface area contributed by atoms with E-state index in [9.17, 15) is 0 Å². The first kappa shape index (κ1) is 11.1. The molecule has 4 aromatic rings. The summed E-state index contributed by atoms with van der Waals surface area (Å²) in [6.07, 6.45) is 3.80. The monoisotopic (exact) mass is 263 g/mol. The Labute approximate surface area is 115 Å².